The third kappa shape index (κ3) is 2.49. The lowest BCUT2D eigenvalue weighted by Gasteiger charge is -2.23. The zero-order valence-electron chi connectivity index (χ0n) is 10.7. The number of pyridine rings is 1. The molecular weight excluding hydrogens is 248 g/mol. The maximum atomic E-state index is 12.4. The van der Waals surface area contributed by atoms with Gasteiger partial charge in [-0.3, -0.25) is 14.9 Å². The number of nitrogen functional groups attached to an aromatic ring is 1. The number of amides is 1. The van der Waals surface area contributed by atoms with Crippen LogP contribution in [-0.2, 0) is 0 Å². The third-order valence-electron chi connectivity index (χ3n) is 3.45. The van der Waals surface area contributed by atoms with Crippen molar-refractivity contribution in [3.05, 3.63) is 27.9 Å². The van der Waals surface area contributed by atoms with Crippen molar-refractivity contribution in [3.8, 4) is 0 Å². The zero-order valence-corrected chi connectivity index (χ0v) is 10.7. The van der Waals surface area contributed by atoms with Crippen LogP contribution in [0.3, 0.4) is 0 Å². The Morgan fingerprint density at radius 2 is 2.42 bits per heavy atom. The molecule has 19 heavy (non-hydrogen) atoms. The zero-order chi connectivity index (χ0) is 14.0. The molecule has 0 aromatic carbocycles. The van der Waals surface area contributed by atoms with E-state index in [4.69, 9.17) is 5.73 Å². The predicted octanol–water partition coefficient (Wildman–Crippen LogP) is 1.59. The number of anilines is 1. The molecule has 1 aliphatic heterocycles. The van der Waals surface area contributed by atoms with Gasteiger partial charge in [0.15, 0.2) is 0 Å². The molecule has 7 heteroatoms. The molecule has 1 aromatic rings. The van der Waals surface area contributed by atoms with Crippen LogP contribution in [0.4, 0.5) is 11.5 Å². The van der Waals surface area contributed by atoms with Gasteiger partial charge in [0.25, 0.3) is 11.6 Å². The topological polar surface area (TPSA) is 102 Å². The number of rotatable bonds is 3. The van der Waals surface area contributed by atoms with Crippen molar-refractivity contribution in [2.45, 2.75) is 32.2 Å². The van der Waals surface area contributed by atoms with E-state index in [0.717, 1.165) is 25.5 Å². The predicted molar refractivity (Wildman–Crippen MR) is 69.7 cm³/mol. The maximum absolute atomic E-state index is 12.4. The normalized spacial score (nSPS) is 18.6. The van der Waals surface area contributed by atoms with Crippen LogP contribution in [0.25, 0.3) is 0 Å². The fraction of sp³-hybridized carbons (Fsp3) is 0.500. The van der Waals surface area contributed by atoms with Crippen LogP contribution in [0.2, 0.25) is 0 Å². The Labute approximate surface area is 110 Å². The minimum atomic E-state index is -0.579. The molecule has 1 aliphatic rings. The van der Waals surface area contributed by atoms with Crippen molar-refractivity contribution in [1.29, 1.82) is 0 Å². The first-order valence-corrected chi connectivity index (χ1v) is 6.25. The van der Waals surface area contributed by atoms with Gasteiger partial charge in [0.05, 0.1) is 10.5 Å². The van der Waals surface area contributed by atoms with Crippen LogP contribution in [0.1, 0.15) is 36.5 Å². The van der Waals surface area contributed by atoms with E-state index < -0.39 is 4.92 Å². The van der Waals surface area contributed by atoms with E-state index in [1.807, 2.05) is 6.92 Å². The highest BCUT2D eigenvalue weighted by molar-refractivity contribution is 5.99. The largest absolute Gasteiger partial charge is 0.383 e. The number of hydrogen-bond donors (Lipinski definition) is 1. The highest BCUT2D eigenvalue weighted by atomic mass is 16.6. The van der Waals surface area contributed by atoms with Crippen LogP contribution in [0.5, 0.6) is 0 Å². The first kappa shape index (κ1) is 13.3. The standard InChI is InChI=1S/C12H16N4O3/c1-2-8-4-3-5-15(8)12(17)10-6-9(16(18)19)7-14-11(10)13/h6-8H,2-5H2,1H3,(H2,13,14). The van der Waals surface area contributed by atoms with Gasteiger partial charge in [-0.15, -0.1) is 0 Å². The van der Waals surface area contributed by atoms with Crippen molar-refractivity contribution in [1.82, 2.24) is 9.88 Å². The molecule has 1 unspecified atom stereocenters. The third-order valence-corrected chi connectivity index (χ3v) is 3.45. The number of nitro groups is 1. The second kappa shape index (κ2) is 5.21. The quantitative estimate of drug-likeness (QED) is 0.659. The minimum Gasteiger partial charge on any atom is -0.383 e. The molecule has 0 saturated carbocycles. The van der Waals surface area contributed by atoms with E-state index in [1.54, 1.807) is 4.90 Å². The van der Waals surface area contributed by atoms with Crippen LogP contribution >= 0.6 is 0 Å². The average Bonchev–Trinajstić information content (AvgIpc) is 2.86. The summed E-state index contributed by atoms with van der Waals surface area (Å²) in [6.07, 6.45) is 3.85. The number of aromatic nitrogens is 1. The van der Waals surface area contributed by atoms with E-state index in [-0.39, 0.29) is 29.0 Å². The molecule has 1 saturated heterocycles. The van der Waals surface area contributed by atoms with E-state index >= 15 is 0 Å². The highest BCUT2D eigenvalue weighted by Gasteiger charge is 2.30. The van der Waals surface area contributed by atoms with E-state index in [1.165, 1.54) is 6.07 Å². The molecule has 2 N–H and O–H groups in total. The fourth-order valence-electron chi connectivity index (χ4n) is 2.42. The van der Waals surface area contributed by atoms with Crippen molar-refractivity contribution in [2.24, 2.45) is 0 Å². The first-order valence-electron chi connectivity index (χ1n) is 6.25. The Morgan fingerprint density at radius 3 is 3.05 bits per heavy atom. The summed E-state index contributed by atoms with van der Waals surface area (Å²) in [5.74, 6) is -0.226. The van der Waals surface area contributed by atoms with Crippen molar-refractivity contribution >= 4 is 17.4 Å². The van der Waals surface area contributed by atoms with Crippen molar-refractivity contribution in [2.75, 3.05) is 12.3 Å². The van der Waals surface area contributed by atoms with Gasteiger partial charge in [0, 0.05) is 18.7 Å². The summed E-state index contributed by atoms with van der Waals surface area (Å²) in [7, 11) is 0. The highest BCUT2D eigenvalue weighted by Crippen LogP contribution is 2.25. The summed E-state index contributed by atoms with van der Waals surface area (Å²) >= 11 is 0. The molecule has 1 atom stereocenters. The van der Waals surface area contributed by atoms with E-state index in [0.29, 0.717) is 6.54 Å². The molecule has 102 valence electrons. The molecule has 2 rings (SSSR count). The van der Waals surface area contributed by atoms with Gasteiger partial charge in [-0.1, -0.05) is 6.92 Å². The molecule has 1 fully saturated rings. The fourth-order valence-corrected chi connectivity index (χ4v) is 2.42. The molecule has 2 heterocycles. The molecule has 0 radical (unpaired) electrons. The Bertz CT molecular complexity index is 518. The molecule has 0 bridgehead atoms. The summed E-state index contributed by atoms with van der Waals surface area (Å²) in [4.78, 5) is 28.0. The van der Waals surface area contributed by atoms with Crippen LogP contribution in [0, 0.1) is 10.1 Å². The Balaban J connectivity index is 2.32. The van der Waals surface area contributed by atoms with Gasteiger partial charge in [-0.05, 0) is 19.3 Å². The van der Waals surface area contributed by atoms with Gasteiger partial charge in [0.1, 0.15) is 12.0 Å². The Kier molecular flexibility index (Phi) is 3.64. The van der Waals surface area contributed by atoms with Crippen LogP contribution < -0.4 is 5.73 Å². The maximum Gasteiger partial charge on any atom is 0.288 e. The van der Waals surface area contributed by atoms with Gasteiger partial charge < -0.3 is 10.6 Å². The minimum absolute atomic E-state index is 0.0392. The average molecular weight is 264 g/mol. The van der Waals surface area contributed by atoms with Crippen LogP contribution in [-0.4, -0.2) is 33.3 Å². The molecule has 0 spiro atoms. The monoisotopic (exact) mass is 264 g/mol. The molecule has 1 aromatic heterocycles. The lowest BCUT2D eigenvalue weighted by molar-refractivity contribution is -0.385. The smallest absolute Gasteiger partial charge is 0.288 e. The number of hydrogen-bond acceptors (Lipinski definition) is 5. The van der Waals surface area contributed by atoms with Gasteiger partial charge in [-0.25, -0.2) is 4.98 Å². The van der Waals surface area contributed by atoms with Crippen molar-refractivity contribution < 1.29 is 9.72 Å². The lowest BCUT2D eigenvalue weighted by Crippen LogP contribution is -2.35. The van der Waals surface area contributed by atoms with Crippen molar-refractivity contribution in [3.63, 3.8) is 0 Å². The van der Waals surface area contributed by atoms with Gasteiger partial charge in [-0.2, -0.15) is 0 Å². The molecule has 0 aliphatic carbocycles. The number of likely N-dealkylation sites (tertiary alicyclic amines) is 1. The summed E-state index contributed by atoms with van der Waals surface area (Å²) in [5.41, 5.74) is 5.57. The van der Waals surface area contributed by atoms with Gasteiger partial charge >= 0.3 is 0 Å². The second-order valence-corrected chi connectivity index (χ2v) is 4.59. The number of carbonyl (C=O) groups excluding carboxylic acids is 1. The summed E-state index contributed by atoms with van der Waals surface area (Å²) in [6.45, 7) is 2.69. The number of nitrogens with two attached hydrogens (primary N) is 1. The summed E-state index contributed by atoms with van der Waals surface area (Å²) in [5, 5.41) is 10.7. The molecule has 7 nitrogen and oxygen atoms in total. The summed E-state index contributed by atoms with van der Waals surface area (Å²) < 4.78 is 0. The van der Waals surface area contributed by atoms with E-state index in [2.05, 4.69) is 4.98 Å². The number of nitrogens with zero attached hydrogens (tertiary/aromatic N) is 3. The Hall–Kier alpha value is -2.18. The SMILES string of the molecule is CCC1CCCN1C(=O)c1cc([N+](=O)[O-])cnc1N. The first-order chi connectivity index (χ1) is 9.04. The van der Waals surface area contributed by atoms with Crippen LogP contribution in [0.15, 0.2) is 12.3 Å². The second-order valence-electron chi connectivity index (χ2n) is 4.59. The van der Waals surface area contributed by atoms with Gasteiger partial charge in [0.2, 0.25) is 0 Å². The summed E-state index contributed by atoms with van der Waals surface area (Å²) in [6, 6.07) is 1.39. The number of carbonyl (C=O) groups is 1. The lowest BCUT2D eigenvalue weighted by atomic mass is 10.1. The Morgan fingerprint density at radius 1 is 1.68 bits per heavy atom. The molecular formula is C12H16N4O3. The van der Waals surface area contributed by atoms with E-state index in [9.17, 15) is 14.9 Å². The molecule has 1 amide bonds.